The molecule has 3 heterocycles. The van der Waals surface area contributed by atoms with Crippen molar-refractivity contribution in [2.24, 2.45) is 0 Å². The van der Waals surface area contributed by atoms with E-state index in [0.29, 0.717) is 12.8 Å². The topological polar surface area (TPSA) is 307 Å². The highest BCUT2D eigenvalue weighted by Gasteiger charge is 2.53. The van der Waals surface area contributed by atoms with Crippen LogP contribution in [0.1, 0.15) is 200 Å². The van der Waals surface area contributed by atoms with Gasteiger partial charge in [-0.25, -0.2) is 0 Å². The fourth-order valence-electron chi connectivity index (χ4n) is 10.5. The van der Waals surface area contributed by atoms with Crippen LogP contribution < -0.4 is 5.32 Å². The zero-order valence-corrected chi connectivity index (χ0v) is 50.9. The lowest BCUT2D eigenvalue weighted by molar-refractivity contribution is -0.379. The smallest absolute Gasteiger partial charge is 0.220 e. The van der Waals surface area contributed by atoms with E-state index in [1.165, 1.54) is 96.3 Å². The van der Waals surface area contributed by atoms with Crippen LogP contribution >= 0.6 is 0 Å². The molecule has 0 bridgehead atoms. The molecule has 3 rings (SSSR count). The zero-order valence-electron chi connectivity index (χ0n) is 50.9. The Hall–Kier alpha value is -2.77. The molecule has 12 N–H and O–H groups in total. The lowest BCUT2D eigenvalue weighted by atomic mass is 9.96. The quantitative estimate of drug-likeness (QED) is 0.0216. The SMILES string of the molecule is CC/C=C\C/C=C\C/C=C\C/C=C\CCCCCCCCCCCCCCCCCCCCC(=O)NC(COC1OC(CO)C(OC2OC(CO)C(OC3OC(CO)C(O)C(O)C3O)C(O)C2O)C(O)C1O)C(O)/C=C/CC/C=C/CCCC. The second-order valence-corrected chi connectivity index (χ2v) is 22.8. The van der Waals surface area contributed by atoms with Crippen LogP contribution in [-0.4, -0.2) is 193 Å². The number of carbonyl (C=O) groups excluding carboxylic acids is 1. The monoisotopic (exact) mass is 1200 g/mol. The summed E-state index contributed by atoms with van der Waals surface area (Å²) in [6.07, 6.45) is 30.8. The molecule has 19 heteroatoms. The van der Waals surface area contributed by atoms with Gasteiger partial charge < -0.3 is 89.9 Å². The molecule has 19 nitrogen and oxygen atoms in total. The number of hydrogen-bond acceptors (Lipinski definition) is 18. The van der Waals surface area contributed by atoms with Crippen molar-refractivity contribution < 1.29 is 89.4 Å². The Morgan fingerprint density at radius 1 is 0.440 bits per heavy atom. The largest absolute Gasteiger partial charge is 0.394 e. The minimum absolute atomic E-state index is 0.233. The van der Waals surface area contributed by atoms with Gasteiger partial charge in [0.2, 0.25) is 5.91 Å². The van der Waals surface area contributed by atoms with E-state index in [0.717, 1.165) is 70.6 Å². The highest BCUT2D eigenvalue weighted by atomic mass is 16.8. The molecule has 0 saturated carbocycles. The van der Waals surface area contributed by atoms with Gasteiger partial charge in [-0.1, -0.05) is 202 Å². The van der Waals surface area contributed by atoms with Crippen LogP contribution in [-0.2, 0) is 33.2 Å². The lowest BCUT2D eigenvalue weighted by Gasteiger charge is -2.48. The second-order valence-electron chi connectivity index (χ2n) is 22.8. The Morgan fingerprint density at radius 3 is 1.33 bits per heavy atom. The predicted molar refractivity (Wildman–Crippen MR) is 323 cm³/mol. The first-order chi connectivity index (χ1) is 40.8. The van der Waals surface area contributed by atoms with Crippen LogP contribution in [0.5, 0.6) is 0 Å². The fourth-order valence-corrected chi connectivity index (χ4v) is 10.5. The molecule has 0 aromatic carbocycles. The first-order valence-corrected chi connectivity index (χ1v) is 32.2. The maximum Gasteiger partial charge on any atom is 0.220 e. The average Bonchev–Trinajstić information content (AvgIpc) is 2.91. The molecule has 0 radical (unpaired) electrons. The molecule has 1 amide bonds. The van der Waals surface area contributed by atoms with E-state index in [9.17, 15) is 61.0 Å². The summed E-state index contributed by atoms with van der Waals surface area (Å²) in [5.74, 6) is -0.291. The Kier molecular flexibility index (Phi) is 42.5. The van der Waals surface area contributed by atoms with Gasteiger partial charge in [-0.05, 0) is 64.2 Å². The molecule has 3 aliphatic rings. The second kappa shape index (κ2) is 47.3. The lowest BCUT2D eigenvalue weighted by Crippen LogP contribution is -2.66. The molecule has 486 valence electrons. The predicted octanol–water partition coefficient (Wildman–Crippen LogP) is 6.99. The summed E-state index contributed by atoms with van der Waals surface area (Å²) in [7, 11) is 0. The number of nitrogens with one attached hydrogen (secondary N) is 1. The van der Waals surface area contributed by atoms with Crippen LogP contribution in [0.2, 0.25) is 0 Å². The van der Waals surface area contributed by atoms with E-state index in [1.54, 1.807) is 6.08 Å². The number of unbranched alkanes of at least 4 members (excludes halogenated alkanes) is 21. The summed E-state index contributed by atoms with van der Waals surface area (Å²) in [6, 6.07) is -0.989. The number of aliphatic hydroxyl groups excluding tert-OH is 11. The standard InChI is InChI=1S/C65H113NO18/c1-3-5-7-9-11-13-14-15-16-17-18-19-20-21-22-23-24-25-26-27-28-29-30-31-32-33-34-35-37-39-41-43-53(71)66-48(49(70)42-40-38-36-12-10-8-6-4-2)47-79-63-59(77)56(74)61(51(45-68)81-63)84-65-60(78)57(75)62(52(46-69)82-65)83-64-58(76)55(73)54(72)50(44-67)80-64/h5,7,10-13,15-16,18-19,40,42,48-52,54-65,67-70,72-78H,3-4,6,8-9,14,17,20-39,41,43-47H2,1-2H3,(H,66,71)/b7-5-,12-10+,13-11-,16-15-,19-18-,42-40+. The Labute approximate surface area is 502 Å². The molecule has 17 unspecified atom stereocenters. The highest BCUT2D eigenvalue weighted by molar-refractivity contribution is 5.76. The van der Waals surface area contributed by atoms with Gasteiger partial charge >= 0.3 is 0 Å². The maximum absolute atomic E-state index is 13.3. The van der Waals surface area contributed by atoms with Crippen LogP contribution in [0.3, 0.4) is 0 Å². The molecule has 0 aliphatic carbocycles. The number of allylic oxidation sites excluding steroid dienone is 11. The van der Waals surface area contributed by atoms with Gasteiger partial charge in [0.25, 0.3) is 0 Å². The molecular weight excluding hydrogens is 1080 g/mol. The van der Waals surface area contributed by atoms with Gasteiger partial charge in [-0.15, -0.1) is 0 Å². The molecule has 17 atom stereocenters. The van der Waals surface area contributed by atoms with E-state index in [2.05, 4.69) is 79.9 Å². The summed E-state index contributed by atoms with van der Waals surface area (Å²) >= 11 is 0. The minimum Gasteiger partial charge on any atom is -0.394 e. The summed E-state index contributed by atoms with van der Waals surface area (Å²) in [6.45, 7) is 1.49. The highest BCUT2D eigenvalue weighted by Crippen LogP contribution is 2.33. The van der Waals surface area contributed by atoms with Crippen molar-refractivity contribution in [1.29, 1.82) is 0 Å². The van der Waals surface area contributed by atoms with Gasteiger partial charge in [0.1, 0.15) is 73.2 Å². The van der Waals surface area contributed by atoms with Crippen molar-refractivity contribution in [1.82, 2.24) is 5.32 Å². The number of amides is 1. The van der Waals surface area contributed by atoms with Crippen LogP contribution in [0, 0.1) is 0 Å². The zero-order chi connectivity index (χ0) is 61.2. The minimum atomic E-state index is -1.98. The number of ether oxygens (including phenoxy) is 6. The van der Waals surface area contributed by atoms with Crippen molar-refractivity contribution in [2.45, 2.75) is 304 Å². The first kappa shape index (κ1) is 75.5. The summed E-state index contributed by atoms with van der Waals surface area (Å²) in [4.78, 5) is 13.3. The average molecular weight is 1200 g/mol. The van der Waals surface area contributed by atoms with Crippen LogP contribution in [0.15, 0.2) is 72.9 Å². The van der Waals surface area contributed by atoms with E-state index >= 15 is 0 Å². The number of hydrogen-bond donors (Lipinski definition) is 12. The third kappa shape index (κ3) is 30.0. The van der Waals surface area contributed by atoms with Gasteiger partial charge in [0.05, 0.1) is 38.6 Å². The molecule has 84 heavy (non-hydrogen) atoms. The Balaban J connectivity index is 1.34. The third-order valence-electron chi connectivity index (χ3n) is 15.7. The van der Waals surface area contributed by atoms with E-state index in [1.807, 2.05) is 6.08 Å². The summed E-state index contributed by atoms with van der Waals surface area (Å²) < 4.78 is 34.2. The first-order valence-electron chi connectivity index (χ1n) is 32.2. The number of aliphatic hydroxyl groups is 11. The molecule has 0 aromatic heterocycles. The normalized spacial score (nSPS) is 29.7. The van der Waals surface area contributed by atoms with Gasteiger partial charge in [-0.2, -0.15) is 0 Å². The van der Waals surface area contributed by atoms with Gasteiger partial charge in [0.15, 0.2) is 18.9 Å². The summed E-state index contributed by atoms with van der Waals surface area (Å²) in [5.41, 5.74) is 0. The molecular formula is C65H113NO18. The van der Waals surface area contributed by atoms with Crippen molar-refractivity contribution >= 4 is 5.91 Å². The van der Waals surface area contributed by atoms with Crippen molar-refractivity contribution in [2.75, 3.05) is 26.4 Å². The molecule has 3 saturated heterocycles. The van der Waals surface area contributed by atoms with Crippen LogP contribution in [0.25, 0.3) is 0 Å². The molecule has 3 fully saturated rings. The van der Waals surface area contributed by atoms with E-state index < -0.39 is 124 Å². The van der Waals surface area contributed by atoms with Crippen molar-refractivity contribution in [3.63, 3.8) is 0 Å². The Morgan fingerprint density at radius 2 is 0.833 bits per heavy atom. The Bertz CT molecular complexity index is 1810. The summed E-state index contributed by atoms with van der Waals surface area (Å²) in [5, 5.41) is 120. The van der Waals surface area contributed by atoms with Gasteiger partial charge in [0, 0.05) is 6.42 Å². The third-order valence-corrected chi connectivity index (χ3v) is 15.7. The van der Waals surface area contributed by atoms with Crippen molar-refractivity contribution in [3.05, 3.63) is 72.9 Å². The fraction of sp³-hybridized carbons (Fsp3) is 0.800. The van der Waals surface area contributed by atoms with Gasteiger partial charge in [-0.3, -0.25) is 4.79 Å². The number of rotatable bonds is 47. The number of carbonyl (C=O) groups is 1. The maximum atomic E-state index is 13.3. The van der Waals surface area contributed by atoms with Crippen LogP contribution in [0.4, 0.5) is 0 Å². The van der Waals surface area contributed by atoms with Crippen molar-refractivity contribution in [3.8, 4) is 0 Å². The van der Waals surface area contributed by atoms with E-state index in [-0.39, 0.29) is 18.9 Å². The van der Waals surface area contributed by atoms with E-state index in [4.69, 9.17) is 28.4 Å². The molecule has 0 aromatic rings. The molecule has 3 aliphatic heterocycles. The molecule has 0 spiro atoms.